The Hall–Kier alpha value is -1.32. The van der Waals surface area contributed by atoms with Crippen LogP contribution in [0, 0.1) is 5.92 Å². The number of hydrogen-bond acceptors (Lipinski definition) is 4. The van der Waals surface area contributed by atoms with Gasteiger partial charge in [0, 0.05) is 25.6 Å². The molecule has 1 unspecified atom stereocenters. The SMILES string of the molecule is CCCc1nc(NC)cc(NC(CC)C(C)C)n1. The zero-order valence-electron chi connectivity index (χ0n) is 12.2. The minimum absolute atomic E-state index is 0.457. The average molecular weight is 250 g/mol. The van der Waals surface area contributed by atoms with E-state index in [1.807, 2.05) is 13.1 Å². The molecule has 0 bridgehead atoms. The Kier molecular flexibility index (Phi) is 5.89. The Balaban J connectivity index is 2.89. The Morgan fingerprint density at radius 2 is 1.83 bits per heavy atom. The van der Waals surface area contributed by atoms with Crippen LogP contribution >= 0.6 is 0 Å². The Labute approximate surface area is 111 Å². The molecule has 0 aliphatic heterocycles. The van der Waals surface area contributed by atoms with Gasteiger partial charge in [0.15, 0.2) is 0 Å². The van der Waals surface area contributed by atoms with Crippen LogP contribution in [0.4, 0.5) is 11.6 Å². The van der Waals surface area contributed by atoms with E-state index in [-0.39, 0.29) is 0 Å². The van der Waals surface area contributed by atoms with Crippen molar-refractivity contribution < 1.29 is 0 Å². The van der Waals surface area contributed by atoms with E-state index in [9.17, 15) is 0 Å². The van der Waals surface area contributed by atoms with E-state index in [0.717, 1.165) is 36.7 Å². The topological polar surface area (TPSA) is 49.8 Å². The van der Waals surface area contributed by atoms with Crippen molar-refractivity contribution in [2.75, 3.05) is 17.7 Å². The van der Waals surface area contributed by atoms with Gasteiger partial charge in [0.2, 0.25) is 0 Å². The maximum absolute atomic E-state index is 4.58. The predicted octanol–water partition coefficient (Wildman–Crippen LogP) is 3.32. The summed E-state index contributed by atoms with van der Waals surface area (Å²) in [6.45, 7) is 8.80. The monoisotopic (exact) mass is 250 g/mol. The number of hydrogen-bond donors (Lipinski definition) is 2. The molecule has 18 heavy (non-hydrogen) atoms. The third kappa shape index (κ3) is 4.17. The van der Waals surface area contributed by atoms with Gasteiger partial charge in [-0.05, 0) is 18.8 Å². The van der Waals surface area contributed by atoms with Crippen LogP contribution in [0.25, 0.3) is 0 Å². The highest BCUT2D eigenvalue weighted by atomic mass is 15.1. The minimum Gasteiger partial charge on any atom is -0.373 e. The van der Waals surface area contributed by atoms with Crippen LogP contribution in [-0.4, -0.2) is 23.1 Å². The molecule has 0 aliphatic carbocycles. The quantitative estimate of drug-likeness (QED) is 0.779. The first-order valence-corrected chi connectivity index (χ1v) is 6.92. The fraction of sp³-hybridized carbons (Fsp3) is 0.714. The Morgan fingerprint density at radius 1 is 1.17 bits per heavy atom. The van der Waals surface area contributed by atoms with Gasteiger partial charge < -0.3 is 10.6 Å². The molecule has 1 heterocycles. The highest BCUT2D eigenvalue weighted by Crippen LogP contribution is 2.16. The zero-order valence-corrected chi connectivity index (χ0v) is 12.2. The molecule has 4 heteroatoms. The van der Waals surface area contributed by atoms with Gasteiger partial charge in [0.1, 0.15) is 17.5 Å². The summed E-state index contributed by atoms with van der Waals surface area (Å²) >= 11 is 0. The van der Waals surface area contributed by atoms with Gasteiger partial charge in [-0.3, -0.25) is 0 Å². The number of aromatic nitrogens is 2. The zero-order chi connectivity index (χ0) is 13.5. The molecule has 0 aliphatic rings. The molecule has 0 spiro atoms. The Morgan fingerprint density at radius 3 is 2.33 bits per heavy atom. The van der Waals surface area contributed by atoms with E-state index in [4.69, 9.17) is 0 Å². The van der Waals surface area contributed by atoms with Crippen LogP contribution in [-0.2, 0) is 6.42 Å². The first kappa shape index (κ1) is 14.7. The van der Waals surface area contributed by atoms with Crippen molar-refractivity contribution in [2.45, 2.75) is 53.0 Å². The number of rotatable bonds is 7. The number of nitrogens with one attached hydrogen (secondary N) is 2. The van der Waals surface area contributed by atoms with E-state index in [0.29, 0.717) is 12.0 Å². The summed E-state index contributed by atoms with van der Waals surface area (Å²) < 4.78 is 0. The van der Waals surface area contributed by atoms with Crippen LogP contribution < -0.4 is 10.6 Å². The lowest BCUT2D eigenvalue weighted by Gasteiger charge is -2.21. The summed E-state index contributed by atoms with van der Waals surface area (Å²) in [7, 11) is 1.89. The van der Waals surface area contributed by atoms with Gasteiger partial charge in [-0.1, -0.05) is 27.7 Å². The van der Waals surface area contributed by atoms with E-state index >= 15 is 0 Å². The standard InChI is InChI=1S/C14H26N4/c1-6-8-12-17-13(15-5)9-14(18-12)16-11(7-2)10(3)4/h9-11H,6-8H2,1-5H3,(H2,15,16,17,18). The molecule has 1 rings (SSSR count). The summed E-state index contributed by atoms with van der Waals surface area (Å²) in [6.07, 6.45) is 3.08. The molecule has 0 fully saturated rings. The highest BCUT2D eigenvalue weighted by molar-refractivity contribution is 5.47. The van der Waals surface area contributed by atoms with Gasteiger partial charge in [-0.25, -0.2) is 9.97 Å². The van der Waals surface area contributed by atoms with E-state index < -0.39 is 0 Å². The molecule has 102 valence electrons. The van der Waals surface area contributed by atoms with Crippen LogP contribution in [0.5, 0.6) is 0 Å². The normalized spacial score (nSPS) is 12.6. The van der Waals surface area contributed by atoms with E-state index in [1.165, 1.54) is 0 Å². The molecule has 4 nitrogen and oxygen atoms in total. The lowest BCUT2D eigenvalue weighted by atomic mass is 10.0. The van der Waals surface area contributed by atoms with Crippen molar-refractivity contribution in [1.29, 1.82) is 0 Å². The third-order valence-electron chi connectivity index (χ3n) is 3.08. The summed E-state index contributed by atoms with van der Waals surface area (Å²) in [5, 5.41) is 6.61. The molecule has 0 saturated carbocycles. The van der Waals surface area contributed by atoms with Gasteiger partial charge in [-0.2, -0.15) is 0 Å². The smallest absolute Gasteiger partial charge is 0.133 e. The third-order valence-corrected chi connectivity index (χ3v) is 3.08. The maximum Gasteiger partial charge on any atom is 0.133 e. The van der Waals surface area contributed by atoms with Crippen molar-refractivity contribution in [3.63, 3.8) is 0 Å². The second-order valence-electron chi connectivity index (χ2n) is 4.96. The van der Waals surface area contributed by atoms with Gasteiger partial charge in [-0.15, -0.1) is 0 Å². The fourth-order valence-corrected chi connectivity index (χ4v) is 1.96. The van der Waals surface area contributed by atoms with E-state index in [1.54, 1.807) is 0 Å². The molecule has 1 atom stereocenters. The highest BCUT2D eigenvalue weighted by Gasteiger charge is 2.12. The van der Waals surface area contributed by atoms with Crippen molar-refractivity contribution in [2.24, 2.45) is 5.92 Å². The second kappa shape index (κ2) is 7.19. The first-order chi connectivity index (χ1) is 8.60. The second-order valence-corrected chi connectivity index (χ2v) is 4.96. The molecule has 1 aromatic heterocycles. The molecule has 0 amide bonds. The lowest BCUT2D eigenvalue weighted by molar-refractivity contribution is 0.509. The fourth-order valence-electron chi connectivity index (χ4n) is 1.96. The average Bonchev–Trinajstić information content (AvgIpc) is 2.35. The summed E-state index contributed by atoms with van der Waals surface area (Å²) in [4.78, 5) is 9.04. The van der Waals surface area contributed by atoms with Gasteiger partial charge in [0.25, 0.3) is 0 Å². The largest absolute Gasteiger partial charge is 0.373 e. The summed E-state index contributed by atoms with van der Waals surface area (Å²) in [5.74, 6) is 3.32. The predicted molar refractivity (Wildman–Crippen MR) is 78.1 cm³/mol. The summed E-state index contributed by atoms with van der Waals surface area (Å²) in [5.41, 5.74) is 0. The van der Waals surface area contributed by atoms with Crippen LogP contribution in [0.1, 0.15) is 46.4 Å². The van der Waals surface area contributed by atoms with Gasteiger partial charge in [0.05, 0.1) is 0 Å². The van der Waals surface area contributed by atoms with Crippen molar-refractivity contribution in [3.8, 4) is 0 Å². The molecule has 0 aromatic carbocycles. The molecule has 0 saturated heterocycles. The van der Waals surface area contributed by atoms with Crippen LogP contribution in [0.15, 0.2) is 6.07 Å². The number of nitrogens with zero attached hydrogens (tertiary/aromatic N) is 2. The molecular weight excluding hydrogens is 224 g/mol. The molecule has 1 aromatic rings. The van der Waals surface area contributed by atoms with E-state index in [2.05, 4.69) is 48.3 Å². The van der Waals surface area contributed by atoms with Crippen molar-refractivity contribution in [1.82, 2.24) is 9.97 Å². The van der Waals surface area contributed by atoms with Crippen LogP contribution in [0.3, 0.4) is 0 Å². The minimum atomic E-state index is 0.457. The lowest BCUT2D eigenvalue weighted by Crippen LogP contribution is -2.25. The number of aryl methyl sites for hydroxylation is 1. The van der Waals surface area contributed by atoms with Crippen molar-refractivity contribution in [3.05, 3.63) is 11.9 Å². The first-order valence-electron chi connectivity index (χ1n) is 6.92. The molecular formula is C14H26N4. The van der Waals surface area contributed by atoms with Gasteiger partial charge >= 0.3 is 0 Å². The molecule has 0 radical (unpaired) electrons. The number of anilines is 2. The maximum atomic E-state index is 4.58. The van der Waals surface area contributed by atoms with Crippen molar-refractivity contribution >= 4 is 11.6 Å². The Bertz CT molecular complexity index is 363. The molecule has 2 N–H and O–H groups in total. The summed E-state index contributed by atoms with van der Waals surface area (Å²) in [6, 6.07) is 2.43. The van der Waals surface area contributed by atoms with Crippen LogP contribution in [0.2, 0.25) is 0 Å².